The summed E-state index contributed by atoms with van der Waals surface area (Å²) in [4.78, 5) is 32.0. The van der Waals surface area contributed by atoms with Gasteiger partial charge < -0.3 is 24.1 Å². The minimum Gasteiger partial charge on any atom is -0.497 e. The predicted octanol–water partition coefficient (Wildman–Crippen LogP) is 4.84. The lowest BCUT2D eigenvalue weighted by Crippen LogP contribution is -2.53. The van der Waals surface area contributed by atoms with Crippen LogP contribution in [-0.2, 0) is 25.5 Å². The van der Waals surface area contributed by atoms with Crippen LogP contribution < -0.4 is 20.3 Å². The lowest BCUT2D eigenvalue weighted by molar-refractivity contribution is -0.155. The lowest BCUT2D eigenvalue weighted by atomic mass is 9.83. The third-order valence-corrected chi connectivity index (χ3v) is 7.19. The van der Waals surface area contributed by atoms with Gasteiger partial charge in [0.05, 0.1) is 13.7 Å². The van der Waals surface area contributed by atoms with E-state index < -0.39 is 29.1 Å². The van der Waals surface area contributed by atoms with Gasteiger partial charge in [0.1, 0.15) is 22.9 Å². The maximum atomic E-state index is 14.2. The molecule has 0 aliphatic carbocycles. The van der Waals surface area contributed by atoms with Gasteiger partial charge in [-0.1, -0.05) is 24.3 Å². The number of esters is 1. The Bertz CT molecular complexity index is 1510. The van der Waals surface area contributed by atoms with E-state index in [9.17, 15) is 14.0 Å². The molecule has 3 aromatic rings. The van der Waals surface area contributed by atoms with Crippen molar-refractivity contribution in [3.05, 3.63) is 95.3 Å². The van der Waals surface area contributed by atoms with Crippen molar-refractivity contribution < 1.29 is 38.0 Å². The molecule has 11 heteroatoms. The van der Waals surface area contributed by atoms with Gasteiger partial charge in [-0.25, -0.2) is 14.8 Å². The lowest BCUT2D eigenvalue weighted by Gasteiger charge is -2.31. The summed E-state index contributed by atoms with van der Waals surface area (Å²) in [5.41, 5.74) is 5.41. The molecule has 4 rings (SSSR count). The van der Waals surface area contributed by atoms with Gasteiger partial charge in [-0.3, -0.25) is 15.0 Å². The van der Waals surface area contributed by atoms with Crippen molar-refractivity contribution in [3.8, 4) is 11.5 Å². The number of nitrogens with one attached hydrogen (secondary N) is 2. The Hall–Kier alpha value is -4.48. The summed E-state index contributed by atoms with van der Waals surface area (Å²) in [5, 5.41) is 9.04. The molecule has 3 aromatic carbocycles. The molecule has 2 atom stereocenters. The SMILES string of the molecule is COc1cccc([C@@H]2OC(c3ccc(OCCCO)cc3)=N[C@]2(CCC(=O)OC(C)(C)C)C(=O)NNCCc2cccc(F)c2)c1. The molecule has 1 aliphatic rings. The number of amides is 1. The standard InChI is InChI=1S/C35H42FN3O7/c1-34(2,3)46-30(41)16-18-35(33(42)39-37-19-17-24-8-5-10-27(36)22-24)31(26-9-6-11-29(23-26)43-4)45-32(38-35)25-12-14-28(15-13-25)44-21-7-20-40/h5-6,8-15,22-23,31,37,40H,7,16-21H2,1-4H3,(H,39,42)/t31-,35-/m0/s1. The highest BCUT2D eigenvalue weighted by Gasteiger charge is 2.53. The minimum atomic E-state index is -1.58. The van der Waals surface area contributed by atoms with E-state index in [0.29, 0.717) is 48.6 Å². The average molecular weight is 636 g/mol. The van der Waals surface area contributed by atoms with Gasteiger partial charge in [0.25, 0.3) is 5.91 Å². The van der Waals surface area contributed by atoms with Crippen LogP contribution in [0, 0.1) is 5.82 Å². The molecule has 1 amide bonds. The van der Waals surface area contributed by atoms with Crippen LogP contribution in [0.1, 0.15) is 62.8 Å². The molecule has 0 spiro atoms. The van der Waals surface area contributed by atoms with Crippen LogP contribution >= 0.6 is 0 Å². The van der Waals surface area contributed by atoms with Crippen LogP contribution in [0.25, 0.3) is 0 Å². The number of aliphatic hydroxyl groups excluding tert-OH is 1. The molecule has 0 radical (unpaired) electrons. The topological polar surface area (TPSA) is 128 Å². The van der Waals surface area contributed by atoms with Gasteiger partial charge in [-0.2, -0.15) is 0 Å². The second kappa shape index (κ2) is 15.7. The van der Waals surface area contributed by atoms with Crippen molar-refractivity contribution in [3.63, 3.8) is 0 Å². The number of methoxy groups -OCH3 is 1. The first-order valence-corrected chi connectivity index (χ1v) is 15.3. The number of rotatable bonds is 15. The summed E-state index contributed by atoms with van der Waals surface area (Å²) in [5.74, 6) is 0.0655. The van der Waals surface area contributed by atoms with Gasteiger partial charge in [0.15, 0.2) is 11.6 Å². The maximum absolute atomic E-state index is 14.2. The Balaban J connectivity index is 1.66. The first kappa shape index (κ1) is 34.4. The molecule has 10 nitrogen and oxygen atoms in total. The van der Waals surface area contributed by atoms with Crippen molar-refractivity contribution in [1.82, 2.24) is 10.9 Å². The molecule has 0 saturated heterocycles. The number of hydrogen-bond donors (Lipinski definition) is 3. The number of aliphatic imine (C=N–C) groups is 1. The number of aliphatic hydroxyl groups is 1. The second-order valence-electron chi connectivity index (χ2n) is 11.9. The number of carbonyl (C=O) groups is 2. The Kier molecular flexibility index (Phi) is 11.7. The fraction of sp³-hybridized carbons (Fsp3) is 0.400. The molecule has 0 bridgehead atoms. The Morgan fingerprint density at radius 3 is 2.50 bits per heavy atom. The van der Waals surface area contributed by atoms with Gasteiger partial charge >= 0.3 is 5.97 Å². The fourth-order valence-corrected chi connectivity index (χ4v) is 5.01. The first-order chi connectivity index (χ1) is 22.0. The van der Waals surface area contributed by atoms with Gasteiger partial charge in [-0.05, 0) is 93.3 Å². The molecule has 246 valence electrons. The second-order valence-corrected chi connectivity index (χ2v) is 11.9. The zero-order chi connectivity index (χ0) is 33.2. The average Bonchev–Trinajstić information content (AvgIpc) is 3.43. The van der Waals surface area contributed by atoms with E-state index in [-0.39, 0.29) is 31.2 Å². The molecule has 1 aliphatic heterocycles. The molecule has 3 N–H and O–H groups in total. The van der Waals surface area contributed by atoms with Crippen LogP contribution in [0.4, 0.5) is 4.39 Å². The molecule has 0 saturated carbocycles. The third-order valence-electron chi connectivity index (χ3n) is 7.19. The summed E-state index contributed by atoms with van der Waals surface area (Å²) < 4.78 is 36.8. The summed E-state index contributed by atoms with van der Waals surface area (Å²) >= 11 is 0. The van der Waals surface area contributed by atoms with Gasteiger partial charge in [-0.15, -0.1) is 0 Å². The van der Waals surface area contributed by atoms with E-state index in [2.05, 4.69) is 10.9 Å². The molecule has 1 heterocycles. The van der Waals surface area contributed by atoms with Crippen molar-refractivity contribution >= 4 is 17.8 Å². The van der Waals surface area contributed by atoms with Gasteiger partial charge in [0.2, 0.25) is 5.90 Å². The molecule has 46 heavy (non-hydrogen) atoms. The largest absolute Gasteiger partial charge is 0.497 e. The van der Waals surface area contributed by atoms with Crippen LogP contribution in [-0.4, -0.2) is 60.9 Å². The number of halogens is 1. The molecule has 0 fully saturated rings. The van der Waals surface area contributed by atoms with Crippen molar-refractivity contribution in [2.75, 3.05) is 26.9 Å². The number of nitrogens with zero attached hydrogens (tertiary/aromatic N) is 1. The molecular formula is C35H42FN3O7. The first-order valence-electron chi connectivity index (χ1n) is 15.3. The summed E-state index contributed by atoms with van der Waals surface area (Å²) in [6.07, 6.45) is -0.0875. The maximum Gasteiger partial charge on any atom is 0.306 e. The number of benzene rings is 3. The van der Waals surface area contributed by atoms with Crippen LogP contribution in [0.2, 0.25) is 0 Å². The number of hydrazine groups is 1. The van der Waals surface area contributed by atoms with E-state index >= 15 is 0 Å². The van der Waals surface area contributed by atoms with Crippen molar-refractivity contribution in [2.24, 2.45) is 4.99 Å². The van der Waals surface area contributed by atoms with Crippen LogP contribution in [0.3, 0.4) is 0 Å². The van der Waals surface area contributed by atoms with E-state index in [0.717, 1.165) is 5.56 Å². The summed E-state index contributed by atoms with van der Waals surface area (Å²) in [6, 6.07) is 20.5. The van der Waals surface area contributed by atoms with E-state index in [1.165, 1.54) is 12.1 Å². The predicted molar refractivity (Wildman–Crippen MR) is 171 cm³/mol. The monoisotopic (exact) mass is 635 g/mol. The van der Waals surface area contributed by atoms with Crippen LogP contribution in [0.5, 0.6) is 11.5 Å². The highest BCUT2D eigenvalue weighted by molar-refractivity contribution is 6.01. The highest BCUT2D eigenvalue weighted by Crippen LogP contribution is 2.44. The summed E-state index contributed by atoms with van der Waals surface area (Å²) in [7, 11) is 1.55. The Labute approximate surface area is 268 Å². The van der Waals surface area contributed by atoms with Gasteiger partial charge in [0, 0.05) is 31.6 Å². The normalized spacial score (nSPS) is 17.5. The van der Waals surface area contributed by atoms with Crippen molar-refractivity contribution in [2.45, 2.75) is 63.7 Å². The molecule has 0 unspecified atom stereocenters. The molecule has 0 aromatic heterocycles. The van der Waals surface area contributed by atoms with E-state index in [1.54, 1.807) is 82.5 Å². The quantitative estimate of drug-likeness (QED) is 0.123. The van der Waals surface area contributed by atoms with Crippen LogP contribution in [0.15, 0.2) is 77.8 Å². The number of ether oxygens (including phenoxy) is 4. The fourth-order valence-electron chi connectivity index (χ4n) is 5.01. The number of hydrogen-bond acceptors (Lipinski definition) is 9. The smallest absolute Gasteiger partial charge is 0.306 e. The van der Waals surface area contributed by atoms with E-state index in [4.69, 9.17) is 29.0 Å². The third kappa shape index (κ3) is 9.27. The van der Waals surface area contributed by atoms with Crippen molar-refractivity contribution in [1.29, 1.82) is 0 Å². The Morgan fingerprint density at radius 2 is 1.80 bits per heavy atom. The summed E-state index contributed by atoms with van der Waals surface area (Å²) in [6.45, 7) is 6.05. The Morgan fingerprint density at radius 1 is 1.04 bits per heavy atom. The number of carbonyl (C=O) groups excluding carboxylic acids is 2. The van der Waals surface area contributed by atoms with E-state index in [1.807, 2.05) is 6.07 Å². The zero-order valence-electron chi connectivity index (χ0n) is 26.7. The minimum absolute atomic E-state index is 0.0208. The molecular weight excluding hydrogens is 593 g/mol. The zero-order valence-corrected chi connectivity index (χ0v) is 26.7. The highest BCUT2D eigenvalue weighted by atomic mass is 19.1.